The normalized spacial score (nSPS) is 10.8. The van der Waals surface area contributed by atoms with E-state index in [0.29, 0.717) is 0 Å². The van der Waals surface area contributed by atoms with Crippen LogP contribution in [0.4, 0.5) is 5.13 Å². The molecule has 18 heavy (non-hydrogen) atoms. The van der Waals surface area contributed by atoms with Crippen molar-refractivity contribution in [3.05, 3.63) is 34.7 Å². The Labute approximate surface area is 112 Å². The van der Waals surface area contributed by atoms with Crippen molar-refractivity contribution in [1.82, 2.24) is 10.3 Å². The van der Waals surface area contributed by atoms with E-state index in [1.54, 1.807) is 11.3 Å². The average molecular weight is 265 g/mol. The number of hydrogen-bond donors (Lipinski definition) is 1. The first-order chi connectivity index (χ1) is 8.69. The fourth-order valence-electron chi connectivity index (χ4n) is 1.68. The second kappa shape index (κ2) is 6.02. The predicted octanol–water partition coefficient (Wildman–Crippen LogP) is 2.79. The largest absolute Gasteiger partial charge is 0.464 e. The zero-order chi connectivity index (χ0) is 13.0. The van der Waals surface area contributed by atoms with Crippen LogP contribution in [0.5, 0.6) is 0 Å². The van der Waals surface area contributed by atoms with Gasteiger partial charge in [0.25, 0.3) is 0 Å². The molecule has 2 rings (SSSR count). The molecule has 0 saturated carbocycles. The minimum Gasteiger partial charge on any atom is -0.464 e. The molecule has 0 atom stereocenters. The van der Waals surface area contributed by atoms with Gasteiger partial charge in [-0.15, -0.1) is 11.3 Å². The first-order valence-corrected chi connectivity index (χ1v) is 6.98. The van der Waals surface area contributed by atoms with Crippen molar-refractivity contribution in [2.45, 2.75) is 26.9 Å². The smallest absolute Gasteiger partial charge is 0.185 e. The van der Waals surface area contributed by atoms with E-state index in [9.17, 15) is 0 Å². The maximum atomic E-state index is 5.57. The summed E-state index contributed by atoms with van der Waals surface area (Å²) in [5, 5.41) is 6.40. The van der Waals surface area contributed by atoms with Gasteiger partial charge in [0.1, 0.15) is 11.5 Å². The summed E-state index contributed by atoms with van der Waals surface area (Å²) in [4.78, 5) is 6.70. The molecular weight excluding hydrogens is 246 g/mol. The van der Waals surface area contributed by atoms with Gasteiger partial charge >= 0.3 is 0 Å². The van der Waals surface area contributed by atoms with E-state index in [0.717, 1.165) is 42.0 Å². The molecule has 0 radical (unpaired) electrons. The highest BCUT2D eigenvalue weighted by Gasteiger charge is 2.09. The van der Waals surface area contributed by atoms with Crippen LogP contribution in [0.15, 0.2) is 21.9 Å². The molecule has 5 heteroatoms. The van der Waals surface area contributed by atoms with Gasteiger partial charge in [-0.2, -0.15) is 0 Å². The Morgan fingerprint density at radius 3 is 2.94 bits per heavy atom. The average Bonchev–Trinajstić information content (AvgIpc) is 2.96. The molecule has 4 nitrogen and oxygen atoms in total. The molecule has 0 spiro atoms. The molecule has 2 heterocycles. The van der Waals surface area contributed by atoms with E-state index < -0.39 is 0 Å². The molecular formula is C13H19N3OS. The van der Waals surface area contributed by atoms with Crippen LogP contribution in [0.2, 0.25) is 0 Å². The highest BCUT2D eigenvalue weighted by molar-refractivity contribution is 7.13. The fourth-order valence-corrected chi connectivity index (χ4v) is 2.47. The fraction of sp³-hybridized carbons (Fsp3) is 0.462. The van der Waals surface area contributed by atoms with Crippen molar-refractivity contribution < 1.29 is 4.42 Å². The van der Waals surface area contributed by atoms with Crippen LogP contribution in [-0.2, 0) is 13.1 Å². The molecule has 0 aromatic carbocycles. The maximum Gasteiger partial charge on any atom is 0.185 e. The number of thiazole rings is 1. The van der Waals surface area contributed by atoms with Gasteiger partial charge in [0.05, 0.1) is 12.2 Å². The van der Waals surface area contributed by atoms with Gasteiger partial charge in [0.2, 0.25) is 0 Å². The molecule has 0 aliphatic rings. The van der Waals surface area contributed by atoms with Gasteiger partial charge in [-0.3, -0.25) is 0 Å². The van der Waals surface area contributed by atoms with E-state index in [2.05, 4.69) is 27.5 Å². The summed E-state index contributed by atoms with van der Waals surface area (Å²) in [5.74, 6) is 1.92. The lowest BCUT2D eigenvalue weighted by atomic mass is 10.4. The van der Waals surface area contributed by atoms with Gasteiger partial charge < -0.3 is 14.6 Å². The van der Waals surface area contributed by atoms with Crippen molar-refractivity contribution >= 4 is 16.5 Å². The summed E-state index contributed by atoms with van der Waals surface area (Å²) in [6.07, 6.45) is 0. The highest BCUT2D eigenvalue weighted by Crippen LogP contribution is 2.21. The Morgan fingerprint density at radius 1 is 1.44 bits per heavy atom. The van der Waals surface area contributed by atoms with E-state index in [-0.39, 0.29) is 0 Å². The Morgan fingerprint density at radius 2 is 2.28 bits per heavy atom. The summed E-state index contributed by atoms with van der Waals surface area (Å²) in [6.45, 7) is 6.61. The van der Waals surface area contributed by atoms with Gasteiger partial charge in [0.15, 0.2) is 5.13 Å². The number of anilines is 1. The number of aromatic nitrogens is 1. The first-order valence-electron chi connectivity index (χ1n) is 6.10. The van der Waals surface area contributed by atoms with Crippen LogP contribution in [0.1, 0.15) is 24.1 Å². The standard InChI is InChI=1S/C13H19N3OS/c1-4-14-7-11-9-18-13(15-11)16(3)8-12-6-5-10(2)17-12/h5-6,9,14H,4,7-8H2,1-3H3. The van der Waals surface area contributed by atoms with E-state index in [4.69, 9.17) is 4.42 Å². The molecule has 98 valence electrons. The molecule has 0 fully saturated rings. The Hall–Kier alpha value is -1.33. The lowest BCUT2D eigenvalue weighted by Gasteiger charge is -2.13. The zero-order valence-electron chi connectivity index (χ0n) is 11.1. The maximum absolute atomic E-state index is 5.57. The SMILES string of the molecule is CCNCc1csc(N(C)Cc2ccc(C)o2)n1. The number of nitrogens with one attached hydrogen (secondary N) is 1. The number of rotatable bonds is 6. The van der Waals surface area contributed by atoms with Gasteiger partial charge in [-0.1, -0.05) is 6.92 Å². The van der Waals surface area contributed by atoms with E-state index >= 15 is 0 Å². The predicted molar refractivity (Wildman–Crippen MR) is 75.0 cm³/mol. The highest BCUT2D eigenvalue weighted by atomic mass is 32.1. The third-order valence-electron chi connectivity index (χ3n) is 2.61. The van der Waals surface area contributed by atoms with Gasteiger partial charge in [0, 0.05) is 19.0 Å². The molecule has 0 aliphatic heterocycles. The Bertz CT molecular complexity index is 492. The molecule has 0 bridgehead atoms. The zero-order valence-corrected chi connectivity index (χ0v) is 11.9. The number of nitrogens with zero attached hydrogens (tertiary/aromatic N) is 2. The molecule has 0 saturated heterocycles. The van der Waals surface area contributed by atoms with E-state index in [1.807, 2.05) is 26.1 Å². The molecule has 0 amide bonds. The summed E-state index contributed by atoms with van der Waals surface area (Å²) in [7, 11) is 2.04. The van der Waals surface area contributed by atoms with Crippen molar-refractivity contribution in [2.24, 2.45) is 0 Å². The van der Waals surface area contributed by atoms with Crippen molar-refractivity contribution in [1.29, 1.82) is 0 Å². The summed E-state index contributed by atoms with van der Waals surface area (Å²) in [6, 6.07) is 4.00. The van der Waals surface area contributed by atoms with E-state index in [1.165, 1.54) is 0 Å². The van der Waals surface area contributed by atoms with Crippen molar-refractivity contribution in [3.63, 3.8) is 0 Å². The third kappa shape index (κ3) is 3.34. The first kappa shape index (κ1) is 13.1. The molecule has 1 N–H and O–H groups in total. The Kier molecular flexibility index (Phi) is 4.38. The van der Waals surface area contributed by atoms with Crippen LogP contribution in [-0.4, -0.2) is 18.6 Å². The Balaban J connectivity index is 1.96. The molecule has 2 aromatic rings. The summed E-state index contributed by atoms with van der Waals surface area (Å²) >= 11 is 1.67. The van der Waals surface area contributed by atoms with Crippen molar-refractivity contribution in [3.8, 4) is 0 Å². The molecule has 2 aromatic heterocycles. The number of hydrogen-bond acceptors (Lipinski definition) is 5. The molecule has 0 unspecified atom stereocenters. The summed E-state index contributed by atoms with van der Waals surface area (Å²) in [5.41, 5.74) is 1.10. The van der Waals surface area contributed by atoms with Crippen LogP contribution in [0, 0.1) is 6.92 Å². The second-order valence-electron chi connectivity index (χ2n) is 4.27. The van der Waals surface area contributed by atoms with Crippen LogP contribution in [0.3, 0.4) is 0 Å². The van der Waals surface area contributed by atoms with Crippen LogP contribution in [0.25, 0.3) is 0 Å². The number of furan rings is 1. The number of aryl methyl sites for hydroxylation is 1. The topological polar surface area (TPSA) is 41.3 Å². The van der Waals surface area contributed by atoms with Crippen molar-refractivity contribution in [2.75, 3.05) is 18.5 Å². The third-order valence-corrected chi connectivity index (χ3v) is 3.62. The minimum atomic E-state index is 0.752. The minimum absolute atomic E-state index is 0.752. The summed E-state index contributed by atoms with van der Waals surface area (Å²) < 4.78 is 5.57. The molecule has 0 aliphatic carbocycles. The quantitative estimate of drug-likeness (QED) is 0.872. The van der Waals surface area contributed by atoms with Crippen LogP contribution < -0.4 is 10.2 Å². The van der Waals surface area contributed by atoms with Crippen LogP contribution >= 0.6 is 11.3 Å². The lowest BCUT2D eigenvalue weighted by Crippen LogP contribution is -2.16. The van der Waals surface area contributed by atoms with Gasteiger partial charge in [-0.25, -0.2) is 4.98 Å². The monoisotopic (exact) mass is 265 g/mol. The second-order valence-corrected chi connectivity index (χ2v) is 5.11. The lowest BCUT2D eigenvalue weighted by molar-refractivity contribution is 0.481. The van der Waals surface area contributed by atoms with Gasteiger partial charge in [-0.05, 0) is 25.6 Å².